The molecule has 128 valence electrons. The van der Waals surface area contributed by atoms with Crippen LogP contribution in [0.5, 0.6) is 0 Å². The molecule has 0 atom stereocenters. The van der Waals surface area contributed by atoms with E-state index in [0.29, 0.717) is 13.2 Å². The molecule has 1 aromatic carbocycles. The van der Waals surface area contributed by atoms with Crippen molar-refractivity contribution in [3.63, 3.8) is 0 Å². The van der Waals surface area contributed by atoms with Gasteiger partial charge in [0.1, 0.15) is 6.61 Å². The zero-order valence-corrected chi connectivity index (χ0v) is 14.5. The highest BCUT2D eigenvalue weighted by molar-refractivity contribution is 5.67. The van der Waals surface area contributed by atoms with Crippen molar-refractivity contribution in [1.29, 1.82) is 0 Å². The van der Waals surface area contributed by atoms with E-state index in [4.69, 9.17) is 4.74 Å². The lowest BCUT2D eigenvalue weighted by atomic mass is 9.84. The van der Waals surface area contributed by atoms with Crippen molar-refractivity contribution in [1.82, 2.24) is 5.32 Å². The number of amides is 1. The first-order valence-corrected chi connectivity index (χ1v) is 9.29. The number of ether oxygens (including phenoxy) is 1. The number of nitrogens with one attached hydrogen (secondary N) is 1. The highest BCUT2D eigenvalue weighted by Gasteiger charge is 2.15. The first-order valence-electron chi connectivity index (χ1n) is 9.29. The number of benzene rings is 1. The minimum absolute atomic E-state index is 0.308. The summed E-state index contributed by atoms with van der Waals surface area (Å²) in [7, 11) is 0. The third kappa shape index (κ3) is 6.64. The van der Waals surface area contributed by atoms with Crippen molar-refractivity contribution in [3.8, 4) is 0 Å². The summed E-state index contributed by atoms with van der Waals surface area (Å²) in [5.74, 6) is 0.727. The van der Waals surface area contributed by atoms with Gasteiger partial charge in [-0.25, -0.2) is 4.79 Å². The molecule has 3 heteroatoms. The third-order valence-electron chi connectivity index (χ3n) is 4.73. The van der Waals surface area contributed by atoms with E-state index in [9.17, 15) is 4.79 Å². The summed E-state index contributed by atoms with van der Waals surface area (Å²) in [6, 6.07) is 8.60. The van der Waals surface area contributed by atoms with E-state index in [-0.39, 0.29) is 6.09 Å². The first-order chi connectivity index (χ1) is 11.3. The Bertz CT molecular complexity index is 449. The molecule has 1 N–H and O–H groups in total. The molecule has 3 nitrogen and oxygen atoms in total. The monoisotopic (exact) mass is 317 g/mol. The van der Waals surface area contributed by atoms with Gasteiger partial charge in [0.2, 0.25) is 0 Å². The molecule has 1 amide bonds. The van der Waals surface area contributed by atoms with Crippen LogP contribution in [0.3, 0.4) is 0 Å². The standard InChI is InChI=1S/C20H31NO2/c1-2-3-4-8-15-21-20(22)23-16-17-11-13-19(14-12-17)18-9-6-5-7-10-18/h11-14,18H,2-10,15-16H2,1H3,(H,21,22). The van der Waals surface area contributed by atoms with E-state index in [2.05, 4.69) is 36.5 Å². The quantitative estimate of drug-likeness (QED) is 0.639. The molecule has 0 heterocycles. The number of unbranched alkanes of at least 4 members (excludes halogenated alkanes) is 3. The van der Waals surface area contributed by atoms with Crippen LogP contribution in [0.4, 0.5) is 4.79 Å². The first kappa shape index (κ1) is 17.8. The zero-order chi connectivity index (χ0) is 16.3. The molecule has 0 radical (unpaired) electrons. The summed E-state index contributed by atoms with van der Waals surface area (Å²) in [5.41, 5.74) is 2.50. The van der Waals surface area contributed by atoms with Crippen LogP contribution in [0.2, 0.25) is 0 Å². The summed E-state index contributed by atoms with van der Waals surface area (Å²) in [6.45, 7) is 3.24. The molecule has 0 unspecified atom stereocenters. The predicted molar refractivity (Wildman–Crippen MR) is 94.6 cm³/mol. The smallest absolute Gasteiger partial charge is 0.407 e. The number of carbonyl (C=O) groups is 1. The van der Waals surface area contributed by atoms with Crippen LogP contribution in [0.1, 0.15) is 81.8 Å². The van der Waals surface area contributed by atoms with Gasteiger partial charge < -0.3 is 10.1 Å². The summed E-state index contributed by atoms with van der Waals surface area (Å²) in [6.07, 6.45) is 11.0. The molecule has 0 saturated heterocycles. The van der Waals surface area contributed by atoms with Crippen molar-refractivity contribution in [3.05, 3.63) is 35.4 Å². The van der Waals surface area contributed by atoms with Gasteiger partial charge in [-0.2, -0.15) is 0 Å². The van der Waals surface area contributed by atoms with Crippen LogP contribution in [0.25, 0.3) is 0 Å². The van der Waals surface area contributed by atoms with Crippen molar-refractivity contribution in [2.24, 2.45) is 0 Å². The Balaban J connectivity index is 1.66. The summed E-state index contributed by atoms with van der Waals surface area (Å²) >= 11 is 0. The summed E-state index contributed by atoms with van der Waals surface area (Å²) in [5, 5.41) is 2.81. The van der Waals surface area contributed by atoms with Crippen molar-refractivity contribution in [2.45, 2.75) is 77.2 Å². The molecule has 0 bridgehead atoms. The normalized spacial score (nSPS) is 15.3. The van der Waals surface area contributed by atoms with Crippen molar-refractivity contribution in [2.75, 3.05) is 6.54 Å². The molecule has 1 aromatic rings. The second kappa shape index (κ2) is 10.3. The van der Waals surface area contributed by atoms with Gasteiger partial charge in [0, 0.05) is 6.54 Å². The fourth-order valence-electron chi connectivity index (χ4n) is 3.26. The number of hydrogen-bond donors (Lipinski definition) is 1. The van der Waals surface area contributed by atoms with Gasteiger partial charge >= 0.3 is 6.09 Å². The fourth-order valence-corrected chi connectivity index (χ4v) is 3.26. The van der Waals surface area contributed by atoms with Gasteiger partial charge in [-0.1, -0.05) is 69.7 Å². The minimum atomic E-state index is -0.308. The molecule has 2 rings (SSSR count). The molecule has 1 fully saturated rings. The van der Waals surface area contributed by atoms with Crippen LogP contribution in [-0.4, -0.2) is 12.6 Å². The Morgan fingerprint density at radius 3 is 2.52 bits per heavy atom. The highest BCUT2D eigenvalue weighted by Crippen LogP contribution is 2.32. The van der Waals surface area contributed by atoms with E-state index in [1.807, 2.05) is 0 Å². The Hall–Kier alpha value is -1.51. The van der Waals surface area contributed by atoms with E-state index < -0.39 is 0 Å². The van der Waals surface area contributed by atoms with E-state index in [1.54, 1.807) is 0 Å². The predicted octanol–water partition coefficient (Wildman–Crippen LogP) is 5.54. The van der Waals surface area contributed by atoms with Crippen molar-refractivity contribution >= 4 is 6.09 Å². The SMILES string of the molecule is CCCCCCNC(=O)OCc1ccc(C2CCCCC2)cc1. The van der Waals surface area contributed by atoms with Crippen LogP contribution in [0.15, 0.2) is 24.3 Å². The topological polar surface area (TPSA) is 38.3 Å². The minimum Gasteiger partial charge on any atom is -0.445 e. The van der Waals surface area contributed by atoms with Gasteiger partial charge in [0.15, 0.2) is 0 Å². The molecule has 23 heavy (non-hydrogen) atoms. The lowest BCUT2D eigenvalue weighted by molar-refractivity contribution is 0.139. The van der Waals surface area contributed by atoms with Gasteiger partial charge in [-0.05, 0) is 36.3 Å². The third-order valence-corrected chi connectivity index (χ3v) is 4.73. The largest absolute Gasteiger partial charge is 0.445 e. The second-order valence-corrected chi connectivity index (χ2v) is 6.64. The number of rotatable bonds is 8. The summed E-state index contributed by atoms with van der Waals surface area (Å²) in [4.78, 5) is 11.6. The van der Waals surface area contributed by atoms with Crippen LogP contribution < -0.4 is 5.32 Å². The molecular formula is C20H31NO2. The Labute approximate surface area is 140 Å². The van der Waals surface area contributed by atoms with Gasteiger partial charge in [0.05, 0.1) is 0 Å². The average Bonchev–Trinajstić information content (AvgIpc) is 2.61. The van der Waals surface area contributed by atoms with Gasteiger partial charge in [-0.3, -0.25) is 0 Å². The summed E-state index contributed by atoms with van der Waals surface area (Å²) < 4.78 is 5.27. The molecule has 0 spiro atoms. The highest BCUT2D eigenvalue weighted by atomic mass is 16.5. The fraction of sp³-hybridized carbons (Fsp3) is 0.650. The van der Waals surface area contributed by atoms with E-state index in [0.717, 1.165) is 17.9 Å². The van der Waals surface area contributed by atoms with Crippen molar-refractivity contribution < 1.29 is 9.53 Å². The maximum Gasteiger partial charge on any atom is 0.407 e. The molecule has 1 aliphatic rings. The lowest BCUT2D eigenvalue weighted by Crippen LogP contribution is -2.25. The maximum absolute atomic E-state index is 11.6. The number of hydrogen-bond acceptors (Lipinski definition) is 2. The number of carbonyl (C=O) groups excluding carboxylic acids is 1. The van der Waals surface area contributed by atoms with Crippen LogP contribution >= 0.6 is 0 Å². The molecular weight excluding hydrogens is 286 g/mol. The van der Waals surface area contributed by atoms with Crippen LogP contribution in [0, 0.1) is 0 Å². The molecule has 1 aliphatic carbocycles. The Morgan fingerprint density at radius 1 is 1.09 bits per heavy atom. The van der Waals surface area contributed by atoms with Gasteiger partial charge in [-0.15, -0.1) is 0 Å². The van der Waals surface area contributed by atoms with E-state index in [1.165, 1.54) is 56.9 Å². The number of alkyl carbamates (subject to hydrolysis) is 1. The van der Waals surface area contributed by atoms with E-state index >= 15 is 0 Å². The van der Waals surface area contributed by atoms with Crippen LogP contribution in [-0.2, 0) is 11.3 Å². The zero-order valence-electron chi connectivity index (χ0n) is 14.5. The molecule has 0 aliphatic heterocycles. The molecule has 0 aromatic heterocycles. The Morgan fingerprint density at radius 2 is 1.83 bits per heavy atom. The van der Waals surface area contributed by atoms with Gasteiger partial charge in [0.25, 0.3) is 0 Å². The lowest BCUT2D eigenvalue weighted by Gasteiger charge is -2.22. The maximum atomic E-state index is 11.6. The molecule has 1 saturated carbocycles. The average molecular weight is 317 g/mol. The Kier molecular flexibility index (Phi) is 7.99. The second-order valence-electron chi connectivity index (χ2n) is 6.64.